The molecular weight excluding hydrogens is 180 g/mol. The molecule has 0 spiro atoms. The van der Waals surface area contributed by atoms with Crippen molar-refractivity contribution >= 4 is 11.7 Å². The number of anilines is 1. The molecule has 1 aromatic rings. The average Bonchev–Trinajstić information content (AvgIpc) is 2.16. The zero-order valence-corrected chi connectivity index (χ0v) is 8.32. The van der Waals surface area contributed by atoms with Crippen molar-refractivity contribution in [1.82, 2.24) is 4.98 Å². The van der Waals surface area contributed by atoms with Gasteiger partial charge in [-0.1, -0.05) is 0 Å². The fourth-order valence-corrected chi connectivity index (χ4v) is 0.866. The van der Waals surface area contributed by atoms with Gasteiger partial charge in [0, 0.05) is 18.9 Å². The molecule has 1 heterocycles. The Hall–Kier alpha value is -1.58. The number of pyridine rings is 1. The maximum absolute atomic E-state index is 10.8. The number of carboxylic acid groups (broad SMARTS) is 1. The van der Waals surface area contributed by atoms with Crippen LogP contribution in [0.4, 0.5) is 5.69 Å². The number of carboxylic acids is 1. The van der Waals surface area contributed by atoms with Crippen molar-refractivity contribution < 1.29 is 9.90 Å². The van der Waals surface area contributed by atoms with E-state index in [9.17, 15) is 4.79 Å². The molecule has 2 N–H and O–H groups in total. The molecule has 0 fully saturated rings. The first kappa shape index (κ1) is 10.5. The molecule has 0 bridgehead atoms. The van der Waals surface area contributed by atoms with E-state index in [-0.39, 0.29) is 0 Å². The van der Waals surface area contributed by atoms with Gasteiger partial charge in [-0.3, -0.25) is 9.78 Å². The lowest BCUT2D eigenvalue weighted by Gasteiger charge is -2.19. The second-order valence-corrected chi connectivity index (χ2v) is 3.78. The minimum Gasteiger partial charge on any atom is -0.481 e. The highest BCUT2D eigenvalue weighted by Gasteiger charge is 2.26. The summed E-state index contributed by atoms with van der Waals surface area (Å²) >= 11 is 0. The quantitative estimate of drug-likeness (QED) is 0.764. The van der Waals surface area contributed by atoms with E-state index < -0.39 is 11.4 Å². The molecule has 0 amide bonds. The van der Waals surface area contributed by atoms with Crippen LogP contribution in [0.5, 0.6) is 0 Å². The summed E-state index contributed by atoms with van der Waals surface area (Å²) in [6.07, 6.45) is 3.34. The molecular formula is C10H14N2O2. The Morgan fingerprint density at radius 1 is 1.64 bits per heavy atom. The van der Waals surface area contributed by atoms with Crippen LogP contribution < -0.4 is 5.32 Å². The molecule has 0 aliphatic rings. The molecule has 0 unspecified atom stereocenters. The van der Waals surface area contributed by atoms with Crippen molar-refractivity contribution in [1.29, 1.82) is 0 Å². The van der Waals surface area contributed by atoms with Gasteiger partial charge in [-0.2, -0.15) is 0 Å². The number of rotatable bonds is 4. The third-order valence-electron chi connectivity index (χ3n) is 1.97. The van der Waals surface area contributed by atoms with Gasteiger partial charge in [-0.15, -0.1) is 0 Å². The predicted octanol–water partition coefficient (Wildman–Crippen LogP) is 1.60. The van der Waals surface area contributed by atoms with Gasteiger partial charge in [0.15, 0.2) is 0 Å². The highest BCUT2D eigenvalue weighted by Crippen LogP contribution is 2.16. The van der Waals surface area contributed by atoms with Gasteiger partial charge in [0.2, 0.25) is 0 Å². The summed E-state index contributed by atoms with van der Waals surface area (Å²) < 4.78 is 0. The maximum atomic E-state index is 10.8. The van der Waals surface area contributed by atoms with Gasteiger partial charge >= 0.3 is 5.97 Å². The molecule has 1 rings (SSSR count). The molecule has 0 saturated heterocycles. The number of aromatic nitrogens is 1. The van der Waals surface area contributed by atoms with Gasteiger partial charge in [0.25, 0.3) is 0 Å². The van der Waals surface area contributed by atoms with Crippen LogP contribution in [-0.4, -0.2) is 22.6 Å². The number of nitrogens with zero attached hydrogens (tertiary/aromatic N) is 1. The van der Waals surface area contributed by atoms with E-state index in [2.05, 4.69) is 10.3 Å². The Balaban J connectivity index is 2.53. The Bertz CT molecular complexity index is 309. The van der Waals surface area contributed by atoms with Crippen molar-refractivity contribution in [3.63, 3.8) is 0 Å². The predicted molar refractivity (Wildman–Crippen MR) is 54.1 cm³/mol. The zero-order chi connectivity index (χ0) is 10.6. The third-order valence-corrected chi connectivity index (χ3v) is 1.97. The van der Waals surface area contributed by atoms with Crippen LogP contribution in [0.1, 0.15) is 13.8 Å². The maximum Gasteiger partial charge on any atom is 0.310 e. The fraction of sp³-hybridized carbons (Fsp3) is 0.400. The van der Waals surface area contributed by atoms with E-state index in [1.165, 1.54) is 0 Å². The monoisotopic (exact) mass is 194 g/mol. The lowest BCUT2D eigenvalue weighted by Crippen LogP contribution is -2.31. The van der Waals surface area contributed by atoms with E-state index in [1.54, 1.807) is 32.3 Å². The minimum absolute atomic E-state index is 0.383. The first-order valence-corrected chi connectivity index (χ1v) is 4.40. The molecule has 76 valence electrons. The van der Waals surface area contributed by atoms with Crippen LogP contribution in [0.15, 0.2) is 24.5 Å². The third kappa shape index (κ3) is 2.73. The first-order valence-electron chi connectivity index (χ1n) is 4.40. The van der Waals surface area contributed by atoms with Crippen molar-refractivity contribution in [2.45, 2.75) is 13.8 Å². The largest absolute Gasteiger partial charge is 0.481 e. The SMILES string of the molecule is CC(C)(CNc1cccnc1)C(=O)O. The number of nitrogens with one attached hydrogen (secondary N) is 1. The Kier molecular flexibility index (Phi) is 3.06. The molecule has 0 aromatic carbocycles. The Morgan fingerprint density at radius 2 is 2.36 bits per heavy atom. The normalized spacial score (nSPS) is 11.0. The van der Waals surface area contributed by atoms with E-state index in [0.717, 1.165) is 5.69 Å². The lowest BCUT2D eigenvalue weighted by molar-refractivity contribution is -0.146. The van der Waals surface area contributed by atoms with Gasteiger partial charge in [0.05, 0.1) is 11.1 Å². The Morgan fingerprint density at radius 3 is 2.86 bits per heavy atom. The average molecular weight is 194 g/mol. The van der Waals surface area contributed by atoms with Gasteiger partial charge in [0.1, 0.15) is 0 Å². The molecule has 4 nitrogen and oxygen atoms in total. The van der Waals surface area contributed by atoms with Crippen LogP contribution in [0, 0.1) is 5.41 Å². The number of hydrogen-bond acceptors (Lipinski definition) is 3. The van der Waals surface area contributed by atoms with Crippen LogP contribution in [0.25, 0.3) is 0 Å². The molecule has 0 aliphatic heterocycles. The lowest BCUT2D eigenvalue weighted by atomic mass is 9.94. The number of hydrogen-bond donors (Lipinski definition) is 2. The summed E-state index contributed by atoms with van der Waals surface area (Å²) in [6.45, 7) is 3.74. The van der Waals surface area contributed by atoms with Crippen LogP contribution in [0.2, 0.25) is 0 Å². The van der Waals surface area contributed by atoms with Gasteiger partial charge in [-0.25, -0.2) is 0 Å². The number of aliphatic carboxylic acids is 1. The molecule has 0 aliphatic carbocycles. The highest BCUT2D eigenvalue weighted by atomic mass is 16.4. The highest BCUT2D eigenvalue weighted by molar-refractivity contribution is 5.74. The van der Waals surface area contributed by atoms with Crippen molar-refractivity contribution in [2.24, 2.45) is 5.41 Å². The smallest absolute Gasteiger partial charge is 0.310 e. The summed E-state index contributed by atoms with van der Waals surface area (Å²) in [5.74, 6) is -0.811. The Labute approximate surface area is 83.0 Å². The topological polar surface area (TPSA) is 62.2 Å². The summed E-state index contributed by atoms with van der Waals surface area (Å²) in [5, 5.41) is 11.9. The van der Waals surface area contributed by atoms with Crippen LogP contribution in [0.3, 0.4) is 0 Å². The second-order valence-electron chi connectivity index (χ2n) is 3.78. The summed E-state index contributed by atoms with van der Waals surface area (Å²) in [4.78, 5) is 14.7. The summed E-state index contributed by atoms with van der Waals surface area (Å²) in [5.41, 5.74) is 0.0670. The fourth-order valence-electron chi connectivity index (χ4n) is 0.866. The van der Waals surface area contributed by atoms with Crippen LogP contribution in [-0.2, 0) is 4.79 Å². The first-order chi connectivity index (χ1) is 6.52. The molecule has 4 heteroatoms. The second kappa shape index (κ2) is 4.09. The van der Waals surface area contributed by atoms with Crippen molar-refractivity contribution in [3.8, 4) is 0 Å². The number of carbonyl (C=O) groups is 1. The van der Waals surface area contributed by atoms with E-state index in [4.69, 9.17) is 5.11 Å². The van der Waals surface area contributed by atoms with Crippen LogP contribution >= 0.6 is 0 Å². The van der Waals surface area contributed by atoms with E-state index >= 15 is 0 Å². The molecule has 0 saturated carbocycles. The van der Waals surface area contributed by atoms with Gasteiger partial charge < -0.3 is 10.4 Å². The molecule has 0 atom stereocenters. The standard InChI is InChI=1S/C10H14N2O2/c1-10(2,9(13)14)7-12-8-4-3-5-11-6-8/h3-6,12H,7H2,1-2H3,(H,13,14). The summed E-state index contributed by atoms with van der Waals surface area (Å²) in [7, 11) is 0. The van der Waals surface area contributed by atoms with Gasteiger partial charge in [-0.05, 0) is 26.0 Å². The molecule has 14 heavy (non-hydrogen) atoms. The van der Waals surface area contributed by atoms with E-state index in [0.29, 0.717) is 6.54 Å². The molecule has 0 radical (unpaired) electrons. The molecule has 1 aromatic heterocycles. The van der Waals surface area contributed by atoms with Crippen molar-refractivity contribution in [2.75, 3.05) is 11.9 Å². The minimum atomic E-state index is -0.811. The van der Waals surface area contributed by atoms with Crippen molar-refractivity contribution in [3.05, 3.63) is 24.5 Å². The summed E-state index contributed by atoms with van der Waals surface area (Å²) in [6, 6.07) is 3.65. The van der Waals surface area contributed by atoms with E-state index in [1.807, 2.05) is 6.07 Å². The zero-order valence-electron chi connectivity index (χ0n) is 8.32.